The van der Waals surface area contributed by atoms with Crippen LogP contribution in [0.1, 0.15) is 25.7 Å². The SMILES string of the molecule is Nc1ccc(NCCCCCCN2C[C@H](O)[C@@H](O)[C@H](O)[C@H]2CO)c([N+](=O)[O-])c1. The van der Waals surface area contributed by atoms with E-state index in [1.54, 1.807) is 17.0 Å². The fourth-order valence-corrected chi connectivity index (χ4v) is 3.50. The minimum absolute atomic E-state index is 0.0422. The first-order chi connectivity index (χ1) is 13.3. The van der Waals surface area contributed by atoms with Gasteiger partial charge in [0, 0.05) is 24.8 Å². The van der Waals surface area contributed by atoms with Crippen LogP contribution in [0.4, 0.5) is 17.1 Å². The molecule has 1 aromatic carbocycles. The van der Waals surface area contributed by atoms with E-state index in [-0.39, 0.29) is 18.8 Å². The number of β-amino-alcohol motifs (C(OH)–C–C–N with tert-alkyl or cyclic N) is 1. The van der Waals surface area contributed by atoms with Gasteiger partial charge in [0.25, 0.3) is 5.69 Å². The Balaban J connectivity index is 1.68. The monoisotopic (exact) mass is 398 g/mol. The number of hydrogen-bond donors (Lipinski definition) is 6. The Morgan fingerprint density at radius 3 is 2.57 bits per heavy atom. The Morgan fingerprint density at radius 1 is 1.18 bits per heavy atom. The largest absolute Gasteiger partial charge is 0.399 e. The highest BCUT2D eigenvalue weighted by atomic mass is 16.6. The molecule has 1 aliphatic heterocycles. The molecule has 1 fully saturated rings. The zero-order chi connectivity index (χ0) is 20.7. The smallest absolute Gasteiger partial charge is 0.294 e. The number of nitro groups is 1. The number of piperidine rings is 1. The van der Waals surface area contributed by atoms with E-state index < -0.39 is 29.3 Å². The summed E-state index contributed by atoms with van der Waals surface area (Å²) in [7, 11) is 0. The molecule has 1 aromatic rings. The number of unbranched alkanes of at least 4 members (excludes halogenated alkanes) is 3. The van der Waals surface area contributed by atoms with Crippen molar-refractivity contribution >= 4 is 17.1 Å². The highest BCUT2D eigenvalue weighted by Crippen LogP contribution is 2.26. The third-order valence-corrected chi connectivity index (χ3v) is 5.12. The zero-order valence-corrected chi connectivity index (χ0v) is 15.8. The fourth-order valence-electron chi connectivity index (χ4n) is 3.50. The number of nitrogens with zero attached hydrogens (tertiary/aromatic N) is 2. The van der Waals surface area contributed by atoms with E-state index in [0.717, 1.165) is 25.7 Å². The number of benzene rings is 1. The number of anilines is 2. The van der Waals surface area contributed by atoms with Crippen molar-refractivity contribution in [2.75, 3.05) is 37.3 Å². The number of nitro benzene ring substituents is 1. The summed E-state index contributed by atoms with van der Waals surface area (Å²) in [5.74, 6) is 0. The molecule has 28 heavy (non-hydrogen) atoms. The molecule has 0 aliphatic carbocycles. The summed E-state index contributed by atoms with van der Waals surface area (Å²) < 4.78 is 0. The second-order valence-electron chi connectivity index (χ2n) is 7.17. The van der Waals surface area contributed by atoms with Crippen molar-refractivity contribution < 1.29 is 25.3 Å². The van der Waals surface area contributed by atoms with Gasteiger partial charge in [0.1, 0.15) is 17.9 Å². The average Bonchev–Trinajstić information content (AvgIpc) is 2.66. The quantitative estimate of drug-likeness (QED) is 0.137. The molecule has 0 bridgehead atoms. The third-order valence-electron chi connectivity index (χ3n) is 5.12. The summed E-state index contributed by atoms with van der Waals surface area (Å²) >= 11 is 0. The van der Waals surface area contributed by atoms with Crippen molar-refractivity contribution in [3.63, 3.8) is 0 Å². The van der Waals surface area contributed by atoms with E-state index in [9.17, 15) is 30.5 Å². The van der Waals surface area contributed by atoms with Crippen LogP contribution in [0.2, 0.25) is 0 Å². The van der Waals surface area contributed by atoms with Gasteiger partial charge in [-0.25, -0.2) is 0 Å². The molecular weight excluding hydrogens is 368 g/mol. The second kappa shape index (κ2) is 10.5. The van der Waals surface area contributed by atoms with Crippen LogP contribution < -0.4 is 11.1 Å². The van der Waals surface area contributed by atoms with Gasteiger partial charge >= 0.3 is 0 Å². The molecule has 2 rings (SSSR count). The molecule has 1 aliphatic rings. The third kappa shape index (κ3) is 5.76. The van der Waals surface area contributed by atoms with E-state index in [2.05, 4.69) is 5.32 Å². The van der Waals surface area contributed by atoms with Gasteiger partial charge in [-0.05, 0) is 31.5 Å². The molecule has 0 unspecified atom stereocenters. The van der Waals surface area contributed by atoms with Crippen molar-refractivity contribution in [3.05, 3.63) is 28.3 Å². The first-order valence-electron chi connectivity index (χ1n) is 9.52. The Labute approximate surface area is 163 Å². The minimum atomic E-state index is -1.24. The molecular formula is C18H30N4O6. The number of aliphatic hydroxyl groups excluding tert-OH is 4. The van der Waals surface area contributed by atoms with Crippen molar-refractivity contribution in [1.82, 2.24) is 4.90 Å². The van der Waals surface area contributed by atoms with E-state index in [1.807, 2.05) is 0 Å². The second-order valence-corrected chi connectivity index (χ2v) is 7.17. The van der Waals surface area contributed by atoms with Gasteiger partial charge in [-0.1, -0.05) is 12.8 Å². The van der Waals surface area contributed by atoms with Crippen molar-refractivity contribution in [2.24, 2.45) is 0 Å². The maximum atomic E-state index is 11.1. The molecule has 10 nitrogen and oxygen atoms in total. The van der Waals surface area contributed by atoms with Gasteiger partial charge < -0.3 is 31.5 Å². The first kappa shape index (κ1) is 22.3. The number of nitrogens with two attached hydrogens (primary N) is 1. The lowest BCUT2D eigenvalue weighted by Crippen LogP contribution is -2.62. The molecule has 10 heteroatoms. The van der Waals surface area contributed by atoms with Gasteiger partial charge in [0.15, 0.2) is 0 Å². The van der Waals surface area contributed by atoms with Crippen LogP contribution in [-0.4, -0.2) is 80.8 Å². The van der Waals surface area contributed by atoms with Gasteiger partial charge in [-0.15, -0.1) is 0 Å². The predicted octanol–water partition coefficient (Wildman–Crippen LogP) is -0.0915. The Kier molecular flexibility index (Phi) is 8.39. The summed E-state index contributed by atoms with van der Waals surface area (Å²) in [5, 5.41) is 53.0. The maximum Gasteiger partial charge on any atom is 0.294 e. The molecule has 4 atom stereocenters. The summed E-state index contributed by atoms with van der Waals surface area (Å²) in [6.45, 7) is 1.13. The van der Waals surface area contributed by atoms with Crippen LogP contribution in [0.3, 0.4) is 0 Å². The Bertz CT molecular complexity index is 647. The van der Waals surface area contributed by atoms with E-state index in [1.165, 1.54) is 6.07 Å². The molecule has 0 radical (unpaired) electrons. The number of aliphatic hydroxyl groups is 4. The summed E-state index contributed by atoms with van der Waals surface area (Å²) in [5.41, 5.74) is 6.33. The van der Waals surface area contributed by atoms with E-state index in [4.69, 9.17) is 5.73 Å². The van der Waals surface area contributed by atoms with Crippen molar-refractivity contribution in [1.29, 1.82) is 0 Å². The standard InChI is InChI=1S/C18H30N4O6/c19-12-5-6-13(14(9-12)22(27)28)20-7-3-1-2-4-8-21-10-16(24)18(26)17(25)15(21)11-23/h5-6,9,15-18,20,23-26H,1-4,7-8,10-11,19H2/t15-,16+,17-,18-/m1/s1. The zero-order valence-electron chi connectivity index (χ0n) is 15.8. The topological polar surface area (TPSA) is 165 Å². The summed E-state index contributed by atoms with van der Waals surface area (Å²) in [6.07, 6.45) is 0.00200. The molecule has 0 spiro atoms. The number of hydrogen-bond acceptors (Lipinski definition) is 9. The summed E-state index contributed by atoms with van der Waals surface area (Å²) in [6, 6.07) is 3.97. The minimum Gasteiger partial charge on any atom is -0.399 e. The van der Waals surface area contributed by atoms with Crippen molar-refractivity contribution in [3.8, 4) is 0 Å². The van der Waals surface area contributed by atoms with Crippen LogP contribution in [-0.2, 0) is 0 Å². The van der Waals surface area contributed by atoms with E-state index >= 15 is 0 Å². The first-order valence-corrected chi connectivity index (χ1v) is 9.52. The van der Waals surface area contributed by atoms with Crippen LogP contribution in [0.15, 0.2) is 18.2 Å². The van der Waals surface area contributed by atoms with Crippen LogP contribution in [0.25, 0.3) is 0 Å². The highest BCUT2D eigenvalue weighted by Gasteiger charge is 2.40. The number of nitrogens with one attached hydrogen (secondary N) is 1. The number of likely N-dealkylation sites (tertiary alicyclic amines) is 1. The van der Waals surface area contributed by atoms with Gasteiger partial charge in [-0.2, -0.15) is 0 Å². The Hall–Kier alpha value is -1.98. The van der Waals surface area contributed by atoms with Crippen LogP contribution in [0.5, 0.6) is 0 Å². The average molecular weight is 398 g/mol. The molecule has 0 amide bonds. The normalized spacial score (nSPS) is 25.6. The molecule has 1 saturated heterocycles. The summed E-state index contributed by atoms with van der Waals surface area (Å²) in [4.78, 5) is 12.4. The highest BCUT2D eigenvalue weighted by molar-refractivity contribution is 5.66. The van der Waals surface area contributed by atoms with Crippen LogP contribution >= 0.6 is 0 Å². The molecule has 0 aromatic heterocycles. The van der Waals surface area contributed by atoms with Gasteiger partial charge in [-0.3, -0.25) is 15.0 Å². The lowest BCUT2D eigenvalue weighted by Gasteiger charge is -2.43. The van der Waals surface area contributed by atoms with E-state index in [0.29, 0.717) is 24.5 Å². The predicted molar refractivity (Wildman–Crippen MR) is 105 cm³/mol. The van der Waals surface area contributed by atoms with Crippen LogP contribution in [0, 0.1) is 10.1 Å². The molecule has 7 N–H and O–H groups in total. The van der Waals surface area contributed by atoms with Crippen molar-refractivity contribution in [2.45, 2.75) is 50.0 Å². The lowest BCUT2D eigenvalue weighted by molar-refractivity contribution is -0.383. The Morgan fingerprint density at radius 2 is 1.89 bits per heavy atom. The molecule has 0 saturated carbocycles. The fraction of sp³-hybridized carbons (Fsp3) is 0.667. The number of rotatable bonds is 10. The molecule has 158 valence electrons. The lowest BCUT2D eigenvalue weighted by atomic mass is 9.94. The van der Waals surface area contributed by atoms with Gasteiger partial charge in [0.2, 0.25) is 0 Å². The molecule has 1 heterocycles. The maximum absolute atomic E-state index is 11.1. The van der Waals surface area contributed by atoms with Gasteiger partial charge in [0.05, 0.1) is 23.7 Å². The number of nitrogen functional groups attached to an aromatic ring is 1.